The van der Waals surface area contributed by atoms with E-state index in [0.717, 1.165) is 21.4 Å². The van der Waals surface area contributed by atoms with E-state index in [1.807, 2.05) is 35.0 Å². The summed E-state index contributed by atoms with van der Waals surface area (Å²) in [5.74, 6) is -0.722. The fourth-order valence-corrected chi connectivity index (χ4v) is 4.39. The van der Waals surface area contributed by atoms with Crippen molar-refractivity contribution >= 4 is 46.2 Å². The largest absolute Gasteiger partial charge is 0.495 e. The van der Waals surface area contributed by atoms with Gasteiger partial charge in [-0.1, -0.05) is 42.5 Å². The molecule has 1 saturated heterocycles. The number of hydrogen-bond donors (Lipinski definition) is 2. The molecular formula is C28H23N5O6. The number of nitro benzene ring substituents is 1. The molecule has 0 radical (unpaired) electrons. The van der Waals surface area contributed by atoms with Crippen molar-refractivity contribution < 1.29 is 24.0 Å². The van der Waals surface area contributed by atoms with Crippen LogP contribution < -0.4 is 15.4 Å². The second-order valence-corrected chi connectivity index (χ2v) is 8.78. The number of urea groups is 1. The van der Waals surface area contributed by atoms with Gasteiger partial charge in [-0.05, 0) is 29.8 Å². The van der Waals surface area contributed by atoms with Crippen LogP contribution >= 0.6 is 0 Å². The molecule has 11 nitrogen and oxygen atoms in total. The SMILES string of the molecule is COc1ccccc1NC(=O)CN1C(=O)N/C(=C/c2cn(Cc3ccc([N+](=O)[O-])cc3)c3ccccc23)C1=O. The number of non-ortho nitro benzene ring substituents is 1. The molecular weight excluding hydrogens is 502 g/mol. The summed E-state index contributed by atoms with van der Waals surface area (Å²) in [5, 5.41) is 17.0. The summed E-state index contributed by atoms with van der Waals surface area (Å²) in [4.78, 5) is 49.6. The Bertz CT molecular complexity index is 1640. The number of methoxy groups -OCH3 is 1. The minimum Gasteiger partial charge on any atom is -0.495 e. The first kappa shape index (κ1) is 25.2. The Morgan fingerprint density at radius 1 is 1.05 bits per heavy atom. The van der Waals surface area contributed by atoms with Crippen LogP contribution in [0.5, 0.6) is 5.75 Å². The number of nitro groups is 1. The van der Waals surface area contributed by atoms with E-state index < -0.39 is 29.3 Å². The van der Waals surface area contributed by atoms with Crippen molar-refractivity contribution in [3.05, 3.63) is 106 Å². The van der Waals surface area contributed by atoms with Gasteiger partial charge in [0.2, 0.25) is 5.91 Å². The zero-order chi connectivity index (χ0) is 27.5. The minimum atomic E-state index is -0.698. The summed E-state index contributed by atoms with van der Waals surface area (Å²) in [5.41, 5.74) is 2.91. The van der Waals surface area contributed by atoms with Crippen LogP contribution in [-0.4, -0.2) is 45.9 Å². The third kappa shape index (κ3) is 5.18. The Morgan fingerprint density at radius 2 is 1.77 bits per heavy atom. The Labute approximate surface area is 222 Å². The molecule has 196 valence electrons. The van der Waals surface area contributed by atoms with Gasteiger partial charge in [0.05, 0.1) is 17.7 Å². The monoisotopic (exact) mass is 525 g/mol. The quantitative estimate of drug-likeness (QED) is 0.154. The molecule has 0 aliphatic carbocycles. The third-order valence-electron chi connectivity index (χ3n) is 6.26. The van der Waals surface area contributed by atoms with Crippen LogP contribution in [0.2, 0.25) is 0 Å². The topological polar surface area (TPSA) is 136 Å². The van der Waals surface area contributed by atoms with Gasteiger partial charge in [0, 0.05) is 41.3 Å². The molecule has 11 heteroatoms. The summed E-state index contributed by atoms with van der Waals surface area (Å²) in [6.45, 7) is -0.0286. The zero-order valence-electron chi connectivity index (χ0n) is 20.8. The lowest BCUT2D eigenvalue weighted by Crippen LogP contribution is -2.38. The van der Waals surface area contributed by atoms with Crippen LogP contribution in [-0.2, 0) is 16.1 Å². The predicted molar refractivity (Wildman–Crippen MR) is 144 cm³/mol. The number of anilines is 1. The van der Waals surface area contributed by atoms with E-state index in [1.165, 1.54) is 19.2 Å². The molecule has 4 aromatic rings. The average Bonchev–Trinajstić information content (AvgIpc) is 3.41. The van der Waals surface area contributed by atoms with Crippen LogP contribution in [0.1, 0.15) is 11.1 Å². The van der Waals surface area contributed by atoms with Gasteiger partial charge in [-0.15, -0.1) is 0 Å². The minimum absolute atomic E-state index is 0.0122. The average molecular weight is 526 g/mol. The van der Waals surface area contributed by atoms with Gasteiger partial charge < -0.3 is 19.9 Å². The maximum absolute atomic E-state index is 13.1. The Balaban J connectivity index is 1.36. The van der Waals surface area contributed by atoms with Crippen molar-refractivity contribution in [3.8, 4) is 5.75 Å². The first-order valence-electron chi connectivity index (χ1n) is 11.9. The molecule has 4 amide bonds. The number of rotatable bonds is 8. The standard InChI is InChI=1S/C28H23N5O6/c1-39-25-9-5-3-7-22(25)29-26(34)17-32-27(35)23(30-28(32)36)14-19-16-31(24-8-4-2-6-21(19)24)15-18-10-12-20(13-11-18)33(37)38/h2-14,16H,15,17H2,1H3,(H,29,34)(H,30,36)/b23-14+. The second kappa shape index (κ2) is 10.5. The predicted octanol–water partition coefficient (Wildman–Crippen LogP) is 4.14. The number of carbonyl (C=O) groups excluding carboxylic acids is 3. The van der Waals surface area contributed by atoms with E-state index in [9.17, 15) is 24.5 Å². The van der Waals surface area contributed by atoms with E-state index in [4.69, 9.17) is 4.74 Å². The molecule has 1 aromatic heterocycles. The summed E-state index contributed by atoms with van der Waals surface area (Å²) in [6.07, 6.45) is 3.42. The molecule has 5 rings (SSSR count). The number of nitrogens with zero attached hydrogens (tertiary/aromatic N) is 3. The number of benzene rings is 3. The molecule has 39 heavy (non-hydrogen) atoms. The van der Waals surface area contributed by atoms with Crippen molar-refractivity contribution in [3.63, 3.8) is 0 Å². The summed E-state index contributed by atoms with van der Waals surface area (Å²) >= 11 is 0. The Hall–Kier alpha value is -5.45. The fourth-order valence-electron chi connectivity index (χ4n) is 4.39. The molecule has 3 aromatic carbocycles. The molecule has 2 heterocycles. The zero-order valence-corrected chi connectivity index (χ0v) is 20.8. The number of para-hydroxylation sites is 3. The fraction of sp³-hybridized carbons (Fsp3) is 0.107. The summed E-state index contributed by atoms with van der Waals surface area (Å²) in [7, 11) is 1.47. The highest BCUT2D eigenvalue weighted by atomic mass is 16.6. The van der Waals surface area contributed by atoms with Gasteiger partial charge >= 0.3 is 6.03 Å². The molecule has 1 aliphatic rings. The van der Waals surface area contributed by atoms with E-state index >= 15 is 0 Å². The van der Waals surface area contributed by atoms with Gasteiger partial charge in [-0.25, -0.2) is 9.69 Å². The van der Waals surface area contributed by atoms with E-state index in [2.05, 4.69) is 10.6 Å². The number of hydrogen-bond acceptors (Lipinski definition) is 6. The summed E-state index contributed by atoms with van der Waals surface area (Å²) < 4.78 is 7.18. The smallest absolute Gasteiger partial charge is 0.329 e. The molecule has 0 unspecified atom stereocenters. The van der Waals surface area contributed by atoms with Gasteiger partial charge in [0.1, 0.15) is 18.0 Å². The lowest BCUT2D eigenvalue weighted by molar-refractivity contribution is -0.384. The molecule has 0 atom stereocenters. The molecule has 2 N–H and O–H groups in total. The third-order valence-corrected chi connectivity index (χ3v) is 6.26. The first-order valence-corrected chi connectivity index (χ1v) is 11.9. The Morgan fingerprint density at radius 3 is 2.51 bits per heavy atom. The van der Waals surface area contributed by atoms with Crippen LogP contribution in [0.3, 0.4) is 0 Å². The lowest BCUT2D eigenvalue weighted by Gasteiger charge is -2.13. The van der Waals surface area contributed by atoms with Crippen LogP contribution in [0.25, 0.3) is 17.0 Å². The number of aromatic nitrogens is 1. The number of ether oxygens (including phenoxy) is 1. The van der Waals surface area contributed by atoms with Crippen molar-refractivity contribution in [2.45, 2.75) is 6.54 Å². The molecule has 1 fully saturated rings. The van der Waals surface area contributed by atoms with Gasteiger partial charge in [0.15, 0.2) is 0 Å². The molecule has 0 bridgehead atoms. The van der Waals surface area contributed by atoms with Crippen molar-refractivity contribution in [2.75, 3.05) is 19.0 Å². The molecule has 0 spiro atoms. The highest BCUT2D eigenvalue weighted by Gasteiger charge is 2.35. The van der Waals surface area contributed by atoms with Gasteiger partial charge in [-0.3, -0.25) is 19.7 Å². The van der Waals surface area contributed by atoms with Crippen LogP contribution in [0.4, 0.5) is 16.2 Å². The van der Waals surface area contributed by atoms with E-state index in [0.29, 0.717) is 23.5 Å². The normalized spacial score (nSPS) is 14.1. The van der Waals surface area contributed by atoms with E-state index in [-0.39, 0.29) is 11.4 Å². The van der Waals surface area contributed by atoms with Crippen molar-refractivity contribution in [1.82, 2.24) is 14.8 Å². The number of nitrogens with one attached hydrogen (secondary N) is 2. The maximum atomic E-state index is 13.1. The maximum Gasteiger partial charge on any atom is 0.329 e. The molecule has 1 aliphatic heterocycles. The number of amides is 4. The van der Waals surface area contributed by atoms with Gasteiger partial charge in [0.25, 0.3) is 11.6 Å². The Kier molecular flexibility index (Phi) is 6.79. The highest BCUT2D eigenvalue weighted by Crippen LogP contribution is 2.27. The number of carbonyl (C=O) groups is 3. The van der Waals surface area contributed by atoms with Crippen LogP contribution in [0.15, 0.2) is 84.7 Å². The first-order chi connectivity index (χ1) is 18.8. The van der Waals surface area contributed by atoms with Crippen molar-refractivity contribution in [1.29, 1.82) is 0 Å². The van der Waals surface area contributed by atoms with E-state index in [1.54, 1.807) is 42.5 Å². The summed E-state index contributed by atoms with van der Waals surface area (Å²) in [6, 6.07) is 20.0. The second-order valence-electron chi connectivity index (χ2n) is 8.78. The highest BCUT2D eigenvalue weighted by molar-refractivity contribution is 6.16. The lowest BCUT2D eigenvalue weighted by atomic mass is 10.1. The van der Waals surface area contributed by atoms with Crippen molar-refractivity contribution in [2.24, 2.45) is 0 Å². The number of imide groups is 1. The van der Waals surface area contributed by atoms with Crippen LogP contribution in [0, 0.1) is 10.1 Å². The van der Waals surface area contributed by atoms with Gasteiger partial charge in [-0.2, -0.15) is 0 Å². The molecule has 0 saturated carbocycles. The number of fused-ring (bicyclic) bond motifs is 1.